The lowest BCUT2D eigenvalue weighted by Crippen LogP contribution is -2.27. The highest BCUT2D eigenvalue weighted by Gasteiger charge is 2.09. The molecule has 0 aromatic heterocycles. The van der Waals surface area contributed by atoms with Crippen molar-refractivity contribution in [3.8, 4) is 0 Å². The maximum atomic E-state index is 13.3. The van der Waals surface area contributed by atoms with Gasteiger partial charge in [0.15, 0.2) is 0 Å². The van der Waals surface area contributed by atoms with E-state index in [-0.39, 0.29) is 5.82 Å². The number of anilines is 1. The highest BCUT2D eigenvalue weighted by Crippen LogP contribution is 2.27. The summed E-state index contributed by atoms with van der Waals surface area (Å²) in [6.45, 7) is 3.33. The Kier molecular flexibility index (Phi) is 4.36. The third-order valence-electron chi connectivity index (χ3n) is 2.34. The van der Waals surface area contributed by atoms with Gasteiger partial charge in [0.05, 0.1) is 10.7 Å². The Bertz CT molecular complexity index is 342. The number of aryl methyl sites for hydroxylation is 1. The molecule has 0 aliphatic rings. The Morgan fingerprint density at radius 3 is 2.73 bits per heavy atom. The summed E-state index contributed by atoms with van der Waals surface area (Å²) in [6.07, 6.45) is 0. The minimum Gasteiger partial charge on any atom is -0.372 e. The quantitative estimate of drug-likeness (QED) is 0.855. The van der Waals surface area contributed by atoms with Crippen molar-refractivity contribution in [2.45, 2.75) is 6.92 Å². The van der Waals surface area contributed by atoms with Crippen LogP contribution in [0.5, 0.6) is 0 Å². The number of hydrogen-bond donors (Lipinski definition) is 1. The molecule has 1 aromatic rings. The number of nitrogens with zero attached hydrogens (tertiary/aromatic N) is 1. The molecule has 2 nitrogen and oxygen atoms in total. The highest BCUT2D eigenvalue weighted by atomic mass is 35.5. The second-order valence-electron chi connectivity index (χ2n) is 3.58. The third kappa shape index (κ3) is 3.08. The summed E-state index contributed by atoms with van der Waals surface area (Å²) < 4.78 is 13.3. The summed E-state index contributed by atoms with van der Waals surface area (Å²) in [4.78, 5) is 1.93. The van der Waals surface area contributed by atoms with Crippen LogP contribution < -0.4 is 10.2 Å². The molecular weight excluding hydrogens is 215 g/mol. The molecule has 4 heteroatoms. The summed E-state index contributed by atoms with van der Waals surface area (Å²) in [5, 5.41) is 3.63. The van der Waals surface area contributed by atoms with Crippen molar-refractivity contribution >= 4 is 17.3 Å². The number of likely N-dealkylation sites (N-methyl/N-ethyl adjacent to an activating group) is 2. The van der Waals surface area contributed by atoms with Gasteiger partial charge in [0.1, 0.15) is 5.82 Å². The smallest absolute Gasteiger partial charge is 0.128 e. The Hall–Kier alpha value is -0.800. The van der Waals surface area contributed by atoms with E-state index in [0.29, 0.717) is 10.6 Å². The van der Waals surface area contributed by atoms with Crippen LogP contribution in [0.3, 0.4) is 0 Å². The molecule has 0 bridgehead atoms. The number of nitrogens with one attached hydrogen (secondary N) is 1. The molecule has 0 atom stereocenters. The lowest BCUT2D eigenvalue weighted by atomic mass is 10.2. The Morgan fingerprint density at radius 2 is 2.13 bits per heavy atom. The molecule has 0 saturated carbocycles. The largest absolute Gasteiger partial charge is 0.372 e. The average Bonchev–Trinajstić information content (AvgIpc) is 2.20. The average molecular weight is 231 g/mol. The lowest BCUT2D eigenvalue weighted by molar-refractivity contribution is 0.617. The number of halogens is 2. The standard InChI is InChI=1S/C11H16ClFN2/c1-8-6-9(12)11(7-10(8)13)15(3)5-4-14-2/h6-7,14H,4-5H2,1-3H3. The molecule has 0 unspecified atom stereocenters. The minimum absolute atomic E-state index is 0.217. The first-order valence-corrected chi connectivity index (χ1v) is 5.25. The zero-order valence-electron chi connectivity index (χ0n) is 9.27. The SMILES string of the molecule is CNCCN(C)c1cc(F)c(C)cc1Cl. The van der Waals surface area contributed by atoms with Crippen LogP contribution in [0.15, 0.2) is 12.1 Å². The van der Waals surface area contributed by atoms with Crippen molar-refractivity contribution in [1.82, 2.24) is 5.32 Å². The molecular formula is C11H16ClFN2. The van der Waals surface area contributed by atoms with Gasteiger partial charge in [-0.05, 0) is 31.7 Å². The van der Waals surface area contributed by atoms with Gasteiger partial charge in [-0.1, -0.05) is 11.6 Å². The second kappa shape index (κ2) is 5.33. The van der Waals surface area contributed by atoms with Gasteiger partial charge in [0.2, 0.25) is 0 Å². The molecule has 84 valence electrons. The van der Waals surface area contributed by atoms with Crippen molar-refractivity contribution in [2.75, 3.05) is 32.1 Å². The molecule has 0 amide bonds. The molecule has 0 saturated heterocycles. The van der Waals surface area contributed by atoms with Gasteiger partial charge < -0.3 is 10.2 Å². The highest BCUT2D eigenvalue weighted by molar-refractivity contribution is 6.33. The maximum absolute atomic E-state index is 13.3. The fourth-order valence-corrected chi connectivity index (χ4v) is 1.69. The fourth-order valence-electron chi connectivity index (χ4n) is 1.33. The summed E-state index contributed by atoms with van der Waals surface area (Å²) in [6, 6.07) is 3.13. The number of benzene rings is 1. The molecule has 1 aromatic carbocycles. The summed E-state index contributed by atoms with van der Waals surface area (Å²) in [5.41, 5.74) is 1.31. The van der Waals surface area contributed by atoms with E-state index in [0.717, 1.165) is 18.8 Å². The zero-order valence-corrected chi connectivity index (χ0v) is 10.0. The molecule has 0 spiro atoms. The molecule has 0 aliphatic heterocycles. The second-order valence-corrected chi connectivity index (χ2v) is 3.99. The van der Waals surface area contributed by atoms with Gasteiger partial charge in [-0.15, -0.1) is 0 Å². The number of hydrogen-bond acceptors (Lipinski definition) is 2. The molecule has 1 N–H and O–H groups in total. The third-order valence-corrected chi connectivity index (χ3v) is 2.64. The predicted octanol–water partition coefficient (Wildman–Crippen LogP) is 2.44. The van der Waals surface area contributed by atoms with E-state index in [1.807, 2.05) is 19.0 Å². The van der Waals surface area contributed by atoms with E-state index >= 15 is 0 Å². The minimum atomic E-state index is -0.217. The predicted molar refractivity (Wildman–Crippen MR) is 63.3 cm³/mol. The van der Waals surface area contributed by atoms with Crippen molar-refractivity contribution in [3.63, 3.8) is 0 Å². The van der Waals surface area contributed by atoms with E-state index in [4.69, 9.17) is 11.6 Å². The first-order valence-electron chi connectivity index (χ1n) is 4.87. The molecule has 15 heavy (non-hydrogen) atoms. The van der Waals surface area contributed by atoms with Crippen molar-refractivity contribution in [2.24, 2.45) is 0 Å². The van der Waals surface area contributed by atoms with E-state index in [2.05, 4.69) is 5.32 Å². The van der Waals surface area contributed by atoms with Gasteiger partial charge in [-0.25, -0.2) is 4.39 Å². The van der Waals surface area contributed by atoms with E-state index in [1.165, 1.54) is 6.07 Å². The first kappa shape index (κ1) is 12.3. The molecule has 0 fully saturated rings. The maximum Gasteiger partial charge on any atom is 0.128 e. The van der Waals surface area contributed by atoms with E-state index in [1.54, 1.807) is 13.0 Å². The van der Waals surface area contributed by atoms with Gasteiger partial charge in [-0.3, -0.25) is 0 Å². The molecule has 0 aliphatic carbocycles. The van der Waals surface area contributed by atoms with Crippen LogP contribution in [0, 0.1) is 12.7 Å². The van der Waals surface area contributed by atoms with Crippen LogP contribution in [0.25, 0.3) is 0 Å². The fraction of sp³-hybridized carbons (Fsp3) is 0.455. The van der Waals surface area contributed by atoms with E-state index in [9.17, 15) is 4.39 Å². The van der Waals surface area contributed by atoms with Gasteiger partial charge in [-0.2, -0.15) is 0 Å². The topological polar surface area (TPSA) is 15.3 Å². The monoisotopic (exact) mass is 230 g/mol. The molecule has 0 radical (unpaired) electrons. The summed E-state index contributed by atoms with van der Waals surface area (Å²) in [5.74, 6) is -0.217. The van der Waals surface area contributed by atoms with Gasteiger partial charge >= 0.3 is 0 Å². The van der Waals surface area contributed by atoms with Crippen LogP contribution in [0.2, 0.25) is 5.02 Å². The number of rotatable bonds is 4. The first-order chi connectivity index (χ1) is 7.06. The Labute approximate surface area is 95.0 Å². The zero-order chi connectivity index (χ0) is 11.4. The van der Waals surface area contributed by atoms with Crippen molar-refractivity contribution < 1.29 is 4.39 Å². The van der Waals surface area contributed by atoms with Crippen LogP contribution in [0.1, 0.15) is 5.56 Å². The summed E-state index contributed by atoms with van der Waals surface area (Å²) in [7, 11) is 3.78. The molecule has 1 rings (SSSR count). The van der Waals surface area contributed by atoms with Crippen molar-refractivity contribution in [1.29, 1.82) is 0 Å². The van der Waals surface area contributed by atoms with Crippen LogP contribution in [-0.4, -0.2) is 27.2 Å². The Morgan fingerprint density at radius 1 is 1.47 bits per heavy atom. The van der Waals surface area contributed by atoms with E-state index < -0.39 is 0 Å². The van der Waals surface area contributed by atoms with Crippen LogP contribution in [0.4, 0.5) is 10.1 Å². The van der Waals surface area contributed by atoms with Gasteiger partial charge in [0, 0.05) is 20.1 Å². The summed E-state index contributed by atoms with van der Waals surface area (Å²) >= 11 is 6.05. The normalized spacial score (nSPS) is 10.5. The van der Waals surface area contributed by atoms with Gasteiger partial charge in [0.25, 0.3) is 0 Å². The Balaban J connectivity index is 2.88. The molecule has 0 heterocycles. The van der Waals surface area contributed by atoms with Crippen molar-refractivity contribution in [3.05, 3.63) is 28.5 Å². The van der Waals surface area contributed by atoms with Crippen LogP contribution in [-0.2, 0) is 0 Å². The van der Waals surface area contributed by atoms with Crippen LogP contribution >= 0.6 is 11.6 Å². The lowest BCUT2D eigenvalue weighted by Gasteiger charge is -2.20.